The molecule has 7 heteroatoms. The van der Waals surface area contributed by atoms with Crippen molar-refractivity contribution < 1.29 is 13.2 Å². The monoisotopic (exact) mass is 388 g/mol. The molecule has 0 saturated carbocycles. The largest absolute Gasteiger partial charge is 0.384 e. The molecule has 0 bridgehead atoms. The van der Waals surface area contributed by atoms with Gasteiger partial charge in [0.15, 0.2) is 0 Å². The minimum Gasteiger partial charge on any atom is -0.384 e. The van der Waals surface area contributed by atoms with Gasteiger partial charge in [-0.2, -0.15) is 4.31 Å². The molecule has 5 nitrogen and oxygen atoms in total. The number of methoxy groups -OCH3 is 1. The smallest absolute Gasteiger partial charge is 0.243 e. The van der Waals surface area contributed by atoms with Crippen molar-refractivity contribution in [1.29, 1.82) is 0 Å². The van der Waals surface area contributed by atoms with Gasteiger partial charge in [-0.05, 0) is 55.5 Å². The standard InChI is InChI=1S/C18H28N2O3S.ClH/c1-3-15-4-6-17(7-5-15)24(21,22)20-12-16(13-23-2)18(14-20)8-10-19-11-9-18;/h4-7,16,19H,3,8-14H2,1-2H3;1H. The minimum atomic E-state index is -3.43. The molecular formula is C18H29ClN2O3S. The summed E-state index contributed by atoms with van der Waals surface area (Å²) in [6.45, 7) is 5.78. The Hall–Kier alpha value is -0.660. The lowest BCUT2D eigenvalue weighted by molar-refractivity contribution is 0.0718. The number of halogens is 1. The molecule has 25 heavy (non-hydrogen) atoms. The van der Waals surface area contributed by atoms with Crippen LogP contribution in [0.1, 0.15) is 25.3 Å². The average molecular weight is 389 g/mol. The Kier molecular flexibility index (Phi) is 6.90. The summed E-state index contributed by atoms with van der Waals surface area (Å²) >= 11 is 0. The summed E-state index contributed by atoms with van der Waals surface area (Å²) in [4.78, 5) is 0.404. The summed E-state index contributed by atoms with van der Waals surface area (Å²) in [5, 5.41) is 3.39. The Labute approximate surface area is 157 Å². The minimum absolute atomic E-state index is 0. The van der Waals surface area contributed by atoms with Gasteiger partial charge in [-0.25, -0.2) is 8.42 Å². The Balaban J connectivity index is 0.00000225. The summed E-state index contributed by atoms with van der Waals surface area (Å²) in [5.41, 5.74) is 1.21. The first-order valence-corrected chi connectivity index (χ1v) is 10.2. The molecule has 2 fully saturated rings. The number of aryl methyl sites for hydroxylation is 1. The first-order valence-electron chi connectivity index (χ1n) is 8.80. The van der Waals surface area contributed by atoms with E-state index in [9.17, 15) is 8.42 Å². The summed E-state index contributed by atoms with van der Waals surface area (Å²) in [6, 6.07) is 7.31. The van der Waals surface area contributed by atoms with Gasteiger partial charge in [-0.15, -0.1) is 12.4 Å². The van der Waals surface area contributed by atoms with Crippen LogP contribution in [0.25, 0.3) is 0 Å². The third kappa shape index (κ3) is 4.03. The lowest BCUT2D eigenvalue weighted by Gasteiger charge is -2.38. The molecule has 2 saturated heterocycles. The highest BCUT2D eigenvalue weighted by molar-refractivity contribution is 7.89. The molecule has 142 valence electrons. The molecule has 0 aliphatic carbocycles. The molecule has 1 aromatic carbocycles. The number of hydrogen-bond donors (Lipinski definition) is 1. The zero-order valence-corrected chi connectivity index (χ0v) is 16.7. The van der Waals surface area contributed by atoms with E-state index in [4.69, 9.17) is 4.74 Å². The molecule has 3 rings (SSSR count). The van der Waals surface area contributed by atoms with Gasteiger partial charge in [0.2, 0.25) is 10.0 Å². The van der Waals surface area contributed by atoms with Gasteiger partial charge in [-0.3, -0.25) is 0 Å². The topological polar surface area (TPSA) is 58.6 Å². The number of nitrogens with one attached hydrogen (secondary N) is 1. The molecule has 0 amide bonds. The van der Waals surface area contributed by atoms with Gasteiger partial charge < -0.3 is 10.1 Å². The predicted molar refractivity (Wildman–Crippen MR) is 102 cm³/mol. The van der Waals surface area contributed by atoms with Gasteiger partial charge in [0.05, 0.1) is 11.5 Å². The number of nitrogens with zero attached hydrogens (tertiary/aromatic N) is 1. The maximum absolute atomic E-state index is 13.1. The molecule has 2 aliphatic heterocycles. The van der Waals surface area contributed by atoms with Crippen LogP contribution in [0.15, 0.2) is 29.2 Å². The van der Waals surface area contributed by atoms with Crippen LogP contribution in [0.3, 0.4) is 0 Å². The van der Waals surface area contributed by atoms with E-state index in [1.54, 1.807) is 23.5 Å². The highest BCUT2D eigenvalue weighted by atomic mass is 35.5. The summed E-state index contributed by atoms with van der Waals surface area (Å²) in [5.74, 6) is 0.272. The van der Waals surface area contributed by atoms with Crippen molar-refractivity contribution in [1.82, 2.24) is 9.62 Å². The molecule has 2 heterocycles. The van der Waals surface area contributed by atoms with E-state index in [1.807, 2.05) is 12.1 Å². The molecule has 2 aliphatic rings. The van der Waals surface area contributed by atoms with E-state index < -0.39 is 10.0 Å². The van der Waals surface area contributed by atoms with E-state index >= 15 is 0 Å². The second-order valence-electron chi connectivity index (χ2n) is 7.06. The third-order valence-corrected chi connectivity index (χ3v) is 7.54. The molecule has 1 N–H and O–H groups in total. The number of sulfonamides is 1. The van der Waals surface area contributed by atoms with E-state index in [1.165, 1.54) is 0 Å². The van der Waals surface area contributed by atoms with Gasteiger partial charge >= 0.3 is 0 Å². The molecule has 1 aromatic rings. The van der Waals surface area contributed by atoms with Crippen LogP contribution in [0, 0.1) is 11.3 Å². The highest BCUT2D eigenvalue weighted by Gasteiger charge is 2.50. The van der Waals surface area contributed by atoms with Crippen LogP contribution in [0.5, 0.6) is 0 Å². The van der Waals surface area contributed by atoms with Crippen molar-refractivity contribution in [3.63, 3.8) is 0 Å². The average Bonchev–Trinajstić information content (AvgIpc) is 2.95. The third-order valence-electron chi connectivity index (χ3n) is 5.72. The van der Waals surface area contributed by atoms with E-state index in [-0.39, 0.29) is 23.7 Å². The quantitative estimate of drug-likeness (QED) is 0.840. The Morgan fingerprint density at radius 3 is 2.44 bits per heavy atom. The van der Waals surface area contributed by atoms with Crippen molar-refractivity contribution in [3.8, 4) is 0 Å². The molecular weight excluding hydrogens is 360 g/mol. The molecule has 0 radical (unpaired) electrons. The Morgan fingerprint density at radius 1 is 1.24 bits per heavy atom. The van der Waals surface area contributed by atoms with Gasteiger partial charge in [0, 0.05) is 26.1 Å². The van der Waals surface area contributed by atoms with Crippen molar-refractivity contribution in [3.05, 3.63) is 29.8 Å². The Morgan fingerprint density at radius 2 is 1.88 bits per heavy atom. The number of rotatable bonds is 5. The van der Waals surface area contributed by atoms with E-state index in [0.29, 0.717) is 24.6 Å². The zero-order chi connectivity index (χ0) is 17.2. The van der Waals surface area contributed by atoms with Crippen molar-refractivity contribution >= 4 is 22.4 Å². The SMILES string of the molecule is CCc1ccc(S(=O)(=O)N2CC(COC)C3(CCNCC3)C2)cc1.Cl. The van der Waals surface area contributed by atoms with Crippen LogP contribution in [-0.4, -0.2) is 52.6 Å². The fourth-order valence-corrected chi connectivity index (χ4v) is 5.72. The lowest BCUT2D eigenvalue weighted by Crippen LogP contribution is -2.43. The van der Waals surface area contributed by atoms with Crippen LogP contribution in [0.2, 0.25) is 0 Å². The normalized spacial score (nSPS) is 23.5. The zero-order valence-electron chi connectivity index (χ0n) is 15.0. The lowest BCUT2D eigenvalue weighted by atomic mass is 9.71. The fourth-order valence-electron chi connectivity index (χ4n) is 4.14. The Bertz CT molecular complexity index is 657. The first-order chi connectivity index (χ1) is 11.5. The van der Waals surface area contributed by atoms with E-state index in [0.717, 1.165) is 37.9 Å². The molecule has 0 aromatic heterocycles. The van der Waals surface area contributed by atoms with Crippen LogP contribution in [0.4, 0.5) is 0 Å². The van der Waals surface area contributed by atoms with Crippen LogP contribution < -0.4 is 5.32 Å². The summed E-state index contributed by atoms with van der Waals surface area (Å²) in [7, 11) is -1.73. The molecule has 1 atom stereocenters. The van der Waals surface area contributed by atoms with Gasteiger partial charge in [-0.1, -0.05) is 19.1 Å². The highest BCUT2D eigenvalue weighted by Crippen LogP contribution is 2.45. The number of hydrogen-bond acceptors (Lipinski definition) is 4. The number of benzene rings is 1. The van der Waals surface area contributed by atoms with Crippen molar-refractivity contribution in [2.45, 2.75) is 31.1 Å². The molecule has 1 spiro atoms. The number of ether oxygens (including phenoxy) is 1. The van der Waals surface area contributed by atoms with Gasteiger partial charge in [0.1, 0.15) is 0 Å². The maximum atomic E-state index is 13.1. The van der Waals surface area contributed by atoms with Crippen LogP contribution >= 0.6 is 12.4 Å². The second-order valence-corrected chi connectivity index (χ2v) is 9.00. The van der Waals surface area contributed by atoms with Crippen molar-refractivity contribution in [2.75, 3.05) is 39.9 Å². The van der Waals surface area contributed by atoms with E-state index in [2.05, 4.69) is 12.2 Å². The number of piperidine rings is 1. The van der Waals surface area contributed by atoms with Gasteiger partial charge in [0.25, 0.3) is 0 Å². The first kappa shape index (κ1) is 20.6. The van der Waals surface area contributed by atoms with Crippen LogP contribution in [-0.2, 0) is 21.2 Å². The van der Waals surface area contributed by atoms with Crippen molar-refractivity contribution in [2.24, 2.45) is 11.3 Å². The molecule has 1 unspecified atom stereocenters. The predicted octanol–water partition coefficient (Wildman–Crippen LogP) is 2.31. The summed E-state index contributed by atoms with van der Waals surface area (Å²) < 4.78 is 33.3. The summed E-state index contributed by atoms with van der Waals surface area (Å²) in [6.07, 6.45) is 2.94. The second kappa shape index (κ2) is 8.35. The fraction of sp³-hybridized carbons (Fsp3) is 0.667. The maximum Gasteiger partial charge on any atom is 0.243 e.